The molecular formula is C16H23N3. The van der Waals surface area contributed by atoms with Crippen molar-refractivity contribution in [3.8, 4) is 12.3 Å². The van der Waals surface area contributed by atoms with Crippen molar-refractivity contribution in [2.24, 2.45) is 0 Å². The molecule has 1 aromatic heterocycles. The standard InChI is InChI=1S/C16H23N3/c1-4-8-19(9-5-2)16-11-14(10-13(3)18-16)12-17-15-6-7-15/h1,10-11,15,17H,5-9,12H2,2-3H3. The van der Waals surface area contributed by atoms with Crippen LogP contribution in [0.5, 0.6) is 0 Å². The molecule has 3 nitrogen and oxygen atoms in total. The van der Waals surface area contributed by atoms with Crippen molar-refractivity contribution < 1.29 is 0 Å². The molecule has 0 saturated heterocycles. The lowest BCUT2D eigenvalue weighted by atomic mass is 10.2. The second-order valence-electron chi connectivity index (χ2n) is 5.26. The molecule has 0 radical (unpaired) electrons. The van der Waals surface area contributed by atoms with Crippen LogP contribution in [0, 0.1) is 19.3 Å². The Labute approximate surface area is 116 Å². The molecule has 0 aliphatic heterocycles. The van der Waals surface area contributed by atoms with Gasteiger partial charge in [0.25, 0.3) is 0 Å². The first-order chi connectivity index (χ1) is 9.22. The van der Waals surface area contributed by atoms with E-state index in [9.17, 15) is 0 Å². The van der Waals surface area contributed by atoms with E-state index in [1.54, 1.807) is 0 Å². The second-order valence-corrected chi connectivity index (χ2v) is 5.26. The van der Waals surface area contributed by atoms with Crippen LogP contribution in [0.1, 0.15) is 37.4 Å². The fourth-order valence-electron chi connectivity index (χ4n) is 2.19. The predicted molar refractivity (Wildman–Crippen MR) is 80.2 cm³/mol. The van der Waals surface area contributed by atoms with Crippen LogP contribution in [0.4, 0.5) is 5.82 Å². The van der Waals surface area contributed by atoms with Gasteiger partial charge in [0.15, 0.2) is 0 Å². The average Bonchev–Trinajstić information content (AvgIpc) is 3.19. The molecule has 1 fully saturated rings. The van der Waals surface area contributed by atoms with E-state index in [0.29, 0.717) is 6.54 Å². The van der Waals surface area contributed by atoms with Gasteiger partial charge in [0.2, 0.25) is 0 Å². The molecule has 1 aliphatic rings. The Balaban J connectivity index is 2.10. The number of nitrogens with zero attached hydrogens (tertiary/aromatic N) is 2. The van der Waals surface area contributed by atoms with Gasteiger partial charge in [-0.1, -0.05) is 12.8 Å². The van der Waals surface area contributed by atoms with Gasteiger partial charge < -0.3 is 10.2 Å². The summed E-state index contributed by atoms with van der Waals surface area (Å²) in [6.07, 6.45) is 9.16. The number of hydrogen-bond acceptors (Lipinski definition) is 3. The monoisotopic (exact) mass is 257 g/mol. The fourth-order valence-corrected chi connectivity index (χ4v) is 2.19. The lowest BCUT2D eigenvalue weighted by Crippen LogP contribution is -2.26. The number of pyridine rings is 1. The van der Waals surface area contributed by atoms with Gasteiger partial charge >= 0.3 is 0 Å². The third-order valence-electron chi connectivity index (χ3n) is 3.27. The zero-order valence-corrected chi connectivity index (χ0v) is 11.9. The van der Waals surface area contributed by atoms with Gasteiger partial charge in [0.05, 0.1) is 6.54 Å². The first-order valence-corrected chi connectivity index (χ1v) is 7.12. The smallest absolute Gasteiger partial charge is 0.129 e. The number of anilines is 1. The Morgan fingerprint density at radius 1 is 1.47 bits per heavy atom. The number of aryl methyl sites for hydroxylation is 1. The summed E-state index contributed by atoms with van der Waals surface area (Å²) in [7, 11) is 0. The van der Waals surface area contributed by atoms with Gasteiger partial charge in [-0.15, -0.1) is 6.42 Å². The number of hydrogen-bond donors (Lipinski definition) is 1. The Bertz CT molecular complexity index is 458. The Hall–Kier alpha value is -1.53. The molecule has 0 unspecified atom stereocenters. The van der Waals surface area contributed by atoms with Gasteiger partial charge in [-0.05, 0) is 43.9 Å². The first-order valence-electron chi connectivity index (χ1n) is 7.12. The Morgan fingerprint density at radius 2 is 2.26 bits per heavy atom. The summed E-state index contributed by atoms with van der Waals surface area (Å²) in [5.74, 6) is 3.73. The molecule has 1 aliphatic carbocycles. The molecule has 1 N–H and O–H groups in total. The minimum absolute atomic E-state index is 0.625. The summed E-state index contributed by atoms with van der Waals surface area (Å²) in [4.78, 5) is 6.79. The summed E-state index contributed by atoms with van der Waals surface area (Å²) in [6.45, 7) is 6.71. The van der Waals surface area contributed by atoms with Gasteiger partial charge in [-0.25, -0.2) is 4.98 Å². The molecule has 0 spiro atoms. The SMILES string of the molecule is C#CCN(CCC)c1cc(CNC2CC2)cc(C)n1. The largest absolute Gasteiger partial charge is 0.345 e. The van der Waals surface area contributed by atoms with Gasteiger partial charge in [0.1, 0.15) is 5.82 Å². The summed E-state index contributed by atoms with van der Waals surface area (Å²) in [5, 5.41) is 3.54. The summed E-state index contributed by atoms with van der Waals surface area (Å²) in [6, 6.07) is 5.04. The molecule has 102 valence electrons. The van der Waals surface area contributed by atoms with Crippen LogP contribution in [0.15, 0.2) is 12.1 Å². The van der Waals surface area contributed by atoms with E-state index in [4.69, 9.17) is 6.42 Å². The molecule has 0 bridgehead atoms. The van der Waals surface area contributed by atoms with Gasteiger partial charge in [0, 0.05) is 24.8 Å². The van der Waals surface area contributed by atoms with E-state index in [1.165, 1.54) is 18.4 Å². The van der Waals surface area contributed by atoms with Crippen LogP contribution in [0.25, 0.3) is 0 Å². The molecule has 1 aromatic rings. The lowest BCUT2D eigenvalue weighted by Gasteiger charge is -2.21. The zero-order valence-electron chi connectivity index (χ0n) is 11.9. The van der Waals surface area contributed by atoms with Gasteiger partial charge in [-0.2, -0.15) is 0 Å². The molecular weight excluding hydrogens is 234 g/mol. The predicted octanol–water partition coefficient (Wildman–Crippen LogP) is 2.49. The Kier molecular flexibility index (Phi) is 4.81. The van der Waals surface area contributed by atoms with Crippen LogP contribution in [0.3, 0.4) is 0 Å². The molecule has 3 heteroatoms. The average molecular weight is 257 g/mol. The van der Waals surface area contributed by atoms with Crippen LogP contribution in [0.2, 0.25) is 0 Å². The van der Waals surface area contributed by atoms with Crippen LogP contribution in [-0.4, -0.2) is 24.1 Å². The number of nitrogens with one attached hydrogen (secondary N) is 1. The van der Waals surface area contributed by atoms with Crippen LogP contribution < -0.4 is 10.2 Å². The quantitative estimate of drug-likeness (QED) is 0.761. The highest BCUT2D eigenvalue weighted by Gasteiger charge is 2.20. The highest BCUT2D eigenvalue weighted by atomic mass is 15.2. The molecule has 0 aromatic carbocycles. The highest BCUT2D eigenvalue weighted by molar-refractivity contribution is 5.44. The fraction of sp³-hybridized carbons (Fsp3) is 0.562. The van der Waals surface area contributed by atoms with E-state index < -0.39 is 0 Å². The number of aromatic nitrogens is 1. The third-order valence-corrected chi connectivity index (χ3v) is 3.27. The molecule has 0 atom stereocenters. The van der Waals surface area contributed by atoms with Crippen molar-refractivity contribution in [1.82, 2.24) is 10.3 Å². The molecule has 2 rings (SSSR count). The van der Waals surface area contributed by atoms with Crippen molar-refractivity contribution in [2.75, 3.05) is 18.0 Å². The molecule has 0 amide bonds. The maximum Gasteiger partial charge on any atom is 0.129 e. The van der Waals surface area contributed by atoms with Crippen molar-refractivity contribution in [1.29, 1.82) is 0 Å². The minimum Gasteiger partial charge on any atom is -0.345 e. The van der Waals surface area contributed by atoms with Crippen molar-refractivity contribution >= 4 is 5.82 Å². The van der Waals surface area contributed by atoms with Crippen molar-refractivity contribution in [2.45, 2.75) is 45.7 Å². The lowest BCUT2D eigenvalue weighted by molar-refractivity contribution is 0.685. The summed E-state index contributed by atoms with van der Waals surface area (Å²) >= 11 is 0. The normalized spacial score (nSPS) is 14.2. The molecule has 19 heavy (non-hydrogen) atoms. The number of terminal acetylenes is 1. The highest BCUT2D eigenvalue weighted by Crippen LogP contribution is 2.20. The van der Waals surface area contributed by atoms with Crippen LogP contribution in [-0.2, 0) is 6.54 Å². The van der Waals surface area contributed by atoms with Crippen molar-refractivity contribution in [3.63, 3.8) is 0 Å². The zero-order chi connectivity index (χ0) is 13.7. The van der Waals surface area contributed by atoms with Crippen LogP contribution >= 0.6 is 0 Å². The molecule has 1 saturated carbocycles. The summed E-state index contributed by atoms with van der Waals surface area (Å²) < 4.78 is 0. The van der Waals surface area contributed by atoms with E-state index in [2.05, 4.69) is 40.2 Å². The third kappa shape index (κ3) is 4.25. The number of rotatable bonds is 7. The Morgan fingerprint density at radius 3 is 2.89 bits per heavy atom. The van der Waals surface area contributed by atoms with E-state index in [0.717, 1.165) is 37.1 Å². The minimum atomic E-state index is 0.625. The van der Waals surface area contributed by atoms with E-state index >= 15 is 0 Å². The molecule has 1 heterocycles. The second kappa shape index (κ2) is 6.58. The topological polar surface area (TPSA) is 28.2 Å². The van der Waals surface area contributed by atoms with Crippen molar-refractivity contribution in [3.05, 3.63) is 23.4 Å². The van der Waals surface area contributed by atoms with E-state index in [1.807, 2.05) is 6.92 Å². The maximum atomic E-state index is 5.45. The maximum absolute atomic E-state index is 5.45. The summed E-state index contributed by atoms with van der Waals surface area (Å²) in [5.41, 5.74) is 2.36. The van der Waals surface area contributed by atoms with E-state index in [-0.39, 0.29) is 0 Å². The first kappa shape index (κ1) is 13.9. The van der Waals surface area contributed by atoms with Gasteiger partial charge in [-0.3, -0.25) is 0 Å².